The first-order valence-corrected chi connectivity index (χ1v) is 3.87. The van der Waals surface area contributed by atoms with Crippen molar-refractivity contribution in [1.29, 1.82) is 0 Å². The highest BCUT2D eigenvalue weighted by Gasteiger charge is 2.02. The molecule has 12 heavy (non-hydrogen) atoms. The molecule has 0 radical (unpaired) electrons. The predicted molar refractivity (Wildman–Crippen MR) is 49.4 cm³/mol. The number of ether oxygens (including phenoxy) is 1. The van der Waals surface area contributed by atoms with Gasteiger partial charge in [0.2, 0.25) is 6.36 Å². The van der Waals surface area contributed by atoms with E-state index < -0.39 is 6.36 Å². The average molecular weight is 170 g/mol. The van der Waals surface area contributed by atoms with Crippen molar-refractivity contribution in [2.75, 3.05) is 0 Å². The maximum atomic E-state index is 12.4. The molecule has 0 aliphatic carbocycles. The van der Waals surface area contributed by atoms with Crippen LogP contribution in [0.3, 0.4) is 0 Å². The van der Waals surface area contributed by atoms with E-state index in [1.54, 1.807) is 19.1 Å². The van der Waals surface area contributed by atoms with Crippen LogP contribution in [0.5, 0.6) is 0 Å². The molecule has 0 saturated carbocycles. The fourth-order valence-electron chi connectivity index (χ4n) is 0.641. The summed E-state index contributed by atoms with van der Waals surface area (Å²) in [6.45, 7) is 8.66. The van der Waals surface area contributed by atoms with Gasteiger partial charge in [-0.05, 0) is 25.5 Å². The van der Waals surface area contributed by atoms with E-state index >= 15 is 0 Å². The van der Waals surface area contributed by atoms with Crippen LogP contribution in [-0.2, 0) is 4.74 Å². The maximum Gasteiger partial charge on any atom is 0.235 e. The van der Waals surface area contributed by atoms with Crippen molar-refractivity contribution in [2.45, 2.75) is 27.1 Å². The van der Waals surface area contributed by atoms with Crippen LogP contribution in [0.25, 0.3) is 0 Å². The minimum Gasteiger partial charge on any atom is -0.460 e. The Balaban J connectivity index is 4.33. The number of rotatable bonds is 4. The second-order valence-corrected chi connectivity index (χ2v) is 2.50. The maximum absolute atomic E-state index is 12.4. The first kappa shape index (κ1) is 11.0. The third kappa shape index (κ3) is 4.72. The van der Waals surface area contributed by atoms with Crippen molar-refractivity contribution in [3.8, 4) is 0 Å². The molecule has 0 aliphatic heterocycles. The molecule has 1 unspecified atom stereocenters. The SMILES string of the molecule is C=C(C)/C(=C\C=C/C)OC(C)F. The van der Waals surface area contributed by atoms with Crippen LogP contribution in [0, 0.1) is 0 Å². The van der Waals surface area contributed by atoms with Crippen LogP contribution in [0.4, 0.5) is 4.39 Å². The summed E-state index contributed by atoms with van der Waals surface area (Å²) in [6.07, 6.45) is 4.03. The lowest BCUT2D eigenvalue weighted by atomic mass is 10.2. The van der Waals surface area contributed by atoms with Gasteiger partial charge in [-0.1, -0.05) is 18.7 Å². The Morgan fingerprint density at radius 3 is 2.50 bits per heavy atom. The molecule has 0 bridgehead atoms. The summed E-state index contributed by atoms with van der Waals surface area (Å²) in [5.41, 5.74) is 0.720. The molecular weight excluding hydrogens is 155 g/mol. The van der Waals surface area contributed by atoms with Gasteiger partial charge in [0.1, 0.15) is 5.76 Å². The summed E-state index contributed by atoms with van der Waals surface area (Å²) in [7, 11) is 0. The van der Waals surface area contributed by atoms with E-state index in [4.69, 9.17) is 4.74 Å². The zero-order valence-corrected chi connectivity index (χ0v) is 7.80. The van der Waals surface area contributed by atoms with Crippen molar-refractivity contribution in [1.82, 2.24) is 0 Å². The summed E-state index contributed by atoms with van der Waals surface area (Å²) in [5.74, 6) is 0.489. The quantitative estimate of drug-likeness (QED) is 0.464. The fraction of sp³-hybridized carbons (Fsp3) is 0.400. The average Bonchev–Trinajstić information content (AvgIpc) is 1.96. The molecular formula is C10H15FO. The van der Waals surface area contributed by atoms with Crippen molar-refractivity contribution in [3.63, 3.8) is 0 Å². The Hall–Kier alpha value is -1.05. The van der Waals surface area contributed by atoms with Crippen LogP contribution >= 0.6 is 0 Å². The zero-order chi connectivity index (χ0) is 9.56. The Bertz CT molecular complexity index is 202. The highest BCUT2D eigenvalue weighted by Crippen LogP contribution is 2.12. The molecule has 0 rings (SSSR count). The molecule has 1 nitrogen and oxygen atoms in total. The lowest BCUT2D eigenvalue weighted by Gasteiger charge is -2.09. The molecule has 68 valence electrons. The van der Waals surface area contributed by atoms with Gasteiger partial charge in [0.05, 0.1) is 0 Å². The highest BCUT2D eigenvalue weighted by atomic mass is 19.1. The third-order valence-electron chi connectivity index (χ3n) is 1.15. The lowest BCUT2D eigenvalue weighted by molar-refractivity contribution is 0.0264. The predicted octanol–water partition coefficient (Wildman–Crippen LogP) is 3.35. The van der Waals surface area contributed by atoms with E-state index in [9.17, 15) is 4.39 Å². The Morgan fingerprint density at radius 2 is 2.17 bits per heavy atom. The van der Waals surface area contributed by atoms with Crippen LogP contribution in [-0.4, -0.2) is 6.36 Å². The highest BCUT2D eigenvalue weighted by molar-refractivity contribution is 5.24. The Kier molecular flexibility index (Phi) is 5.09. The largest absolute Gasteiger partial charge is 0.460 e. The molecule has 0 heterocycles. The number of alkyl halides is 1. The van der Waals surface area contributed by atoms with Crippen LogP contribution in [0.15, 0.2) is 36.1 Å². The molecule has 0 saturated heterocycles. The van der Waals surface area contributed by atoms with Crippen molar-refractivity contribution >= 4 is 0 Å². The second-order valence-electron chi connectivity index (χ2n) is 2.50. The van der Waals surface area contributed by atoms with Gasteiger partial charge in [-0.15, -0.1) is 0 Å². The Morgan fingerprint density at radius 1 is 1.58 bits per heavy atom. The molecule has 0 aliphatic rings. The Labute approximate surface area is 73.2 Å². The molecule has 0 aromatic rings. The van der Waals surface area contributed by atoms with Crippen LogP contribution in [0.2, 0.25) is 0 Å². The van der Waals surface area contributed by atoms with E-state index in [2.05, 4.69) is 6.58 Å². The fourth-order valence-corrected chi connectivity index (χ4v) is 0.641. The molecule has 0 amide bonds. The van der Waals surface area contributed by atoms with Crippen molar-refractivity contribution in [3.05, 3.63) is 36.1 Å². The summed E-state index contributed by atoms with van der Waals surface area (Å²) >= 11 is 0. The summed E-state index contributed by atoms with van der Waals surface area (Å²) in [5, 5.41) is 0. The van der Waals surface area contributed by atoms with Gasteiger partial charge in [0.25, 0.3) is 0 Å². The minimum atomic E-state index is -1.29. The standard InChI is InChI=1S/C10H15FO/c1-5-6-7-10(8(2)3)12-9(4)11/h5-7,9H,2H2,1,3-4H3/b6-5-,10-7+. The molecule has 0 N–H and O–H groups in total. The number of hydrogen-bond acceptors (Lipinski definition) is 1. The van der Waals surface area contributed by atoms with E-state index in [1.807, 2.05) is 13.0 Å². The van der Waals surface area contributed by atoms with E-state index in [1.165, 1.54) is 6.92 Å². The smallest absolute Gasteiger partial charge is 0.235 e. The first-order valence-electron chi connectivity index (χ1n) is 3.87. The number of allylic oxidation sites excluding steroid dienone is 4. The molecule has 0 aromatic heterocycles. The molecule has 0 fully saturated rings. The molecule has 1 atom stereocenters. The molecule has 0 aromatic carbocycles. The number of halogens is 1. The monoisotopic (exact) mass is 170 g/mol. The van der Waals surface area contributed by atoms with E-state index in [0.29, 0.717) is 5.76 Å². The van der Waals surface area contributed by atoms with Gasteiger partial charge in [-0.2, -0.15) is 0 Å². The molecule has 0 spiro atoms. The van der Waals surface area contributed by atoms with Crippen LogP contribution in [0.1, 0.15) is 20.8 Å². The van der Waals surface area contributed by atoms with Gasteiger partial charge in [-0.3, -0.25) is 0 Å². The second kappa shape index (κ2) is 5.58. The van der Waals surface area contributed by atoms with Gasteiger partial charge in [0.15, 0.2) is 0 Å². The first-order chi connectivity index (χ1) is 5.57. The lowest BCUT2D eigenvalue weighted by Crippen LogP contribution is -2.00. The van der Waals surface area contributed by atoms with Crippen LogP contribution < -0.4 is 0 Å². The van der Waals surface area contributed by atoms with E-state index in [0.717, 1.165) is 5.57 Å². The van der Waals surface area contributed by atoms with Gasteiger partial charge in [-0.25, -0.2) is 4.39 Å². The van der Waals surface area contributed by atoms with Crippen molar-refractivity contribution < 1.29 is 9.13 Å². The minimum absolute atomic E-state index is 0.489. The third-order valence-corrected chi connectivity index (χ3v) is 1.15. The number of hydrogen-bond donors (Lipinski definition) is 0. The summed E-state index contributed by atoms with van der Waals surface area (Å²) in [4.78, 5) is 0. The van der Waals surface area contributed by atoms with Crippen molar-refractivity contribution in [2.24, 2.45) is 0 Å². The zero-order valence-electron chi connectivity index (χ0n) is 7.80. The van der Waals surface area contributed by atoms with Gasteiger partial charge < -0.3 is 4.74 Å². The summed E-state index contributed by atoms with van der Waals surface area (Å²) in [6, 6.07) is 0. The molecule has 2 heteroatoms. The van der Waals surface area contributed by atoms with Gasteiger partial charge >= 0.3 is 0 Å². The summed E-state index contributed by atoms with van der Waals surface area (Å²) < 4.78 is 17.3. The van der Waals surface area contributed by atoms with Gasteiger partial charge in [0, 0.05) is 6.92 Å². The normalized spacial score (nSPS) is 14.8. The van der Waals surface area contributed by atoms with E-state index in [-0.39, 0.29) is 0 Å². The topological polar surface area (TPSA) is 9.23 Å².